The number of nitrogens with zero attached hydrogens (tertiary/aromatic N) is 1. The monoisotopic (exact) mass is 374 g/mol. The molecule has 0 aliphatic heterocycles. The van der Waals surface area contributed by atoms with Gasteiger partial charge in [-0.1, -0.05) is 6.07 Å². The number of aromatic nitrogens is 1. The fourth-order valence-electron chi connectivity index (χ4n) is 2.34. The molecule has 0 spiro atoms. The molecule has 1 aromatic carbocycles. The van der Waals surface area contributed by atoms with E-state index in [0.29, 0.717) is 29.8 Å². The average Bonchev–Trinajstić information content (AvgIpc) is 2.51. The number of hydrogen-bond acceptors (Lipinski definition) is 5. The molecule has 0 aliphatic carbocycles. The van der Waals surface area contributed by atoms with Crippen LogP contribution < -0.4 is 16.6 Å². The van der Waals surface area contributed by atoms with E-state index in [2.05, 4.69) is 4.98 Å². The first-order valence-electron chi connectivity index (χ1n) is 7.18. The Labute approximate surface area is 142 Å². The number of hydrogen-bond donors (Lipinski definition) is 3. The van der Waals surface area contributed by atoms with E-state index in [1.165, 1.54) is 6.07 Å². The van der Waals surface area contributed by atoms with Crippen molar-refractivity contribution in [3.63, 3.8) is 0 Å². The van der Waals surface area contributed by atoms with Gasteiger partial charge in [-0.05, 0) is 42.2 Å². The number of pyridine rings is 1. The second-order valence-electron chi connectivity index (χ2n) is 5.46. The zero-order valence-electron chi connectivity index (χ0n) is 13.0. The maximum atomic E-state index is 12.9. The van der Waals surface area contributed by atoms with Crippen LogP contribution in [0.1, 0.15) is 22.4 Å². The molecule has 0 amide bonds. The van der Waals surface area contributed by atoms with Crippen molar-refractivity contribution in [1.82, 2.24) is 4.98 Å². The third kappa shape index (κ3) is 4.68. The molecule has 1 heterocycles. The maximum absolute atomic E-state index is 12.9. The van der Waals surface area contributed by atoms with Crippen molar-refractivity contribution in [2.45, 2.75) is 30.5 Å². The number of rotatable bonds is 5. The third-order valence-corrected chi connectivity index (χ3v) is 4.56. The van der Waals surface area contributed by atoms with E-state index in [1.807, 2.05) is 0 Å². The van der Waals surface area contributed by atoms with Crippen LogP contribution in [0.3, 0.4) is 0 Å². The lowest BCUT2D eigenvalue weighted by Gasteiger charge is -2.13. The second-order valence-corrected chi connectivity index (χ2v) is 6.99. The first-order valence-corrected chi connectivity index (χ1v) is 8.73. The zero-order chi connectivity index (χ0) is 18.8. The number of halogens is 3. The molecule has 0 atom stereocenters. The predicted molar refractivity (Wildman–Crippen MR) is 86.8 cm³/mol. The van der Waals surface area contributed by atoms with E-state index >= 15 is 0 Å². The molecule has 0 radical (unpaired) electrons. The fraction of sp³-hybridized carbons (Fsp3) is 0.267. The molecule has 0 bridgehead atoms. The molecule has 0 fully saturated rings. The van der Waals surface area contributed by atoms with Gasteiger partial charge in [0.1, 0.15) is 0 Å². The van der Waals surface area contributed by atoms with E-state index in [0.717, 1.165) is 17.7 Å². The quantitative estimate of drug-likeness (QED) is 0.733. The molecule has 0 saturated carbocycles. The molecule has 1 aromatic heterocycles. The van der Waals surface area contributed by atoms with Crippen LogP contribution in [0.4, 0.5) is 18.9 Å². The Balaban J connectivity index is 2.28. The largest absolute Gasteiger partial charge is 0.417 e. The van der Waals surface area contributed by atoms with Crippen LogP contribution in [-0.4, -0.2) is 13.4 Å². The lowest BCUT2D eigenvalue weighted by atomic mass is 10.0. The molecule has 2 rings (SSSR count). The van der Waals surface area contributed by atoms with Crippen molar-refractivity contribution in [2.24, 2.45) is 10.9 Å². The van der Waals surface area contributed by atoms with Crippen LogP contribution in [0.25, 0.3) is 0 Å². The van der Waals surface area contributed by atoms with E-state index in [-0.39, 0.29) is 6.54 Å². The van der Waals surface area contributed by atoms with Gasteiger partial charge in [-0.3, -0.25) is 4.98 Å². The lowest BCUT2D eigenvalue weighted by Crippen LogP contribution is -2.19. The summed E-state index contributed by atoms with van der Waals surface area (Å²) in [6, 6.07) is 4.57. The highest BCUT2D eigenvalue weighted by atomic mass is 32.2. The molecule has 0 unspecified atom stereocenters. The highest BCUT2D eigenvalue weighted by Gasteiger charge is 2.36. The van der Waals surface area contributed by atoms with Crippen molar-refractivity contribution in [3.8, 4) is 0 Å². The molecule has 6 nitrogen and oxygen atoms in total. The number of benzene rings is 1. The van der Waals surface area contributed by atoms with Crippen molar-refractivity contribution in [3.05, 3.63) is 52.8 Å². The first kappa shape index (κ1) is 19.2. The van der Waals surface area contributed by atoms with Crippen molar-refractivity contribution in [2.75, 3.05) is 5.73 Å². The van der Waals surface area contributed by atoms with E-state index < -0.39 is 26.7 Å². The summed E-state index contributed by atoms with van der Waals surface area (Å²) >= 11 is 0. The summed E-state index contributed by atoms with van der Waals surface area (Å²) in [7, 11) is -4.50. The van der Waals surface area contributed by atoms with Gasteiger partial charge in [-0.25, -0.2) is 13.6 Å². The van der Waals surface area contributed by atoms with Gasteiger partial charge in [0.05, 0.1) is 21.8 Å². The number of nitrogen functional groups attached to an aromatic ring is 1. The third-order valence-electron chi connectivity index (χ3n) is 3.61. The van der Waals surface area contributed by atoms with E-state index in [9.17, 15) is 21.6 Å². The minimum absolute atomic E-state index is 0.197. The number of primary sulfonamides is 1. The minimum Gasteiger partial charge on any atom is -0.397 e. The number of anilines is 1. The molecule has 136 valence electrons. The Morgan fingerprint density at radius 1 is 1.08 bits per heavy atom. The van der Waals surface area contributed by atoms with Gasteiger partial charge in [0, 0.05) is 12.7 Å². The van der Waals surface area contributed by atoms with Gasteiger partial charge < -0.3 is 11.5 Å². The Morgan fingerprint density at radius 3 is 2.24 bits per heavy atom. The number of alkyl halides is 3. The summed E-state index contributed by atoms with van der Waals surface area (Å²) < 4.78 is 61.7. The number of sulfonamides is 1. The van der Waals surface area contributed by atoms with Crippen LogP contribution in [0.5, 0.6) is 0 Å². The van der Waals surface area contributed by atoms with Gasteiger partial charge in [0.15, 0.2) is 0 Å². The maximum Gasteiger partial charge on any atom is 0.417 e. The van der Waals surface area contributed by atoms with Crippen LogP contribution in [0, 0.1) is 0 Å². The number of nitrogens with two attached hydrogens (primary N) is 3. The van der Waals surface area contributed by atoms with Crippen LogP contribution in [0.2, 0.25) is 0 Å². The van der Waals surface area contributed by atoms with Crippen molar-refractivity contribution < 1.29 is 21.6 Å². The minimum atomic E-state index is -4.81. The van der Waals surface area contributed by atoms with Gasteiger partial charge in [-0.2, -0.15) is 13.2 Å². The Kier molecular flexibility index (Phi) is 5.35. The van der Waals surface area contributed by atoms with Crippen LogP contribution in [0.15, 0.2) is 35.4 Å². The fourth-order valence-corrected chi connectivity index (χ4v) is 3.15. The Bertz CT molecular complexity index is 883. The molecule has 0 aliphatic rings. The van der Waals surface area contributed by atoms with Gasteiger partial charge in [-0.15, -0.1) is 0 Å². The van der Waals surface area contributed by atoms with Gasteiger partial charge in [0.25, 0.3) is 0 Å². The normalized spacial score (nSPS) is 12.4. The summed E-state index contributed by atoms with van der Waals surface area (Å²) in [4.78, 5) is 3.16. The van der Waals surface area contributed by atoms with Gasteiger partial charge in [0.2, 0.25) is 10.0 Å². The number of aryl methyl sites for hydroxylation is 2. The van der Waals surface area contributed by atoms with Crippen LogP contribution >= 0.6 is 0 Å². The topological polar surface area (TPSA) is 125 Å². The molecule has 0 saturated heterocycles. The van der Waals surface area contributed by atoms with Crippen molar-refractivity contribution >= 4 is 15.7 Å². The SMILES string of the molecule is NCc1ncc(CCc2ccc(C(F)(F)F)c(S(N)(=O)=O)c2)cc1N. The summed E-state index contributed by atoms with van der Waals surface area (Å²) in [6.07, 6.45) is -2.53. The molecule has 2 aromatic rings. The second kappa shape index (κ2) is 6.98. The first-order chi connectivity index (χ1) is 11.5. The molecular weight excluding hydrogens is 357 g/mol. The average molecular weight is 374 g/mol. The smallest absolute Gasteiger partial charge is 0.397 e. The molecule has 25 heavy (non-hydrogen) atoms. The predicted octanol–water partition coefficient (Wildman–Crippen LogP) is 1.57. The highest BCUT2D eigenvalue weighted by molar-refractivity contribution is 7.89. The summed E-state index contributed by atoms with van der Waals surface area (Å²) in [5.41, 5.74) is 12.1. The standard InChI is InChI=1S/C15H17F3N4O2S/c16-15(17,18)11-4-3-9(6-14(11)25(21,23)24)1-2-10-5-12(20)13(7-19)22-8-10/h3-6,8H,1-2,7,19-20H2,(H2,21,23,24). The Hall–Kier alpha value is -2.17. The molecular formula is C15H17F3N4O2S. The Morgan fingerprint density at radius 2 is 1.72 bits per heavy atom. The molecule has 6 N–H and O–H groups in total. The van der Waals surface area contributed by atoms with Crippen molar-refractivity contribution in [1.29, 1.82) is 0 Å². The summed E-state index contributed by atoms with van der Waals surface area (Å²) in [5, 5.41) is 4.92. The molecule has 10 heteroatoms. The van der Waals surface area contributed by atoms with Gasteiger partial charge >= 0.3 is 6.18 Å². The summed E-state index contributed by atoms with van der Waals surface area (Å²) in [6.45, 7) is 0.197. The van der Waals surface area contributed by atoms with E-state index in [1.54, 1.807) is 12.3 Å². The lowest BCUT2D eigenvalue weighted by molar-refractivity contribution is -0.139. The highest BCUT2D eigenvalue weighted by Crippen LogP contribution is 2.34. The zero-order valence-corrected chi connectivity index (χ0v) is 13.9. The summed E-state index contributed by atoms with van der Waals surface area (Å²) in [5.74, 6) is 0. The van der Waals surface area contributed by atoms with Crippen LogP contribution in [-0.2, 0) is 35.6 Å². The van der Waals surface area contributed by atoms with E-state index in [4.69, 9.17) is 16.6 Å².